The highest BCUT2D eigenvalue weighted by molar-refractivity contribution is 7.13. The number of aliphatic hydroxyl groups excluding tert-OH is 1. The summed E-state index contributed by atoms with van der Waals surface area (Å²) in [4.78, 5) is 6.83. The van der Waals surface area contributed by atoms with Crippen molar-refractivity contribution in [2.24, 2.45) is 0 Å². The van der Waals surface area contributed by atoms with Gasteiger partial charge in [-0.2, -0.15) is 0 Å². The summed E-state index contributed by atoms with van der Waals surface area (Å²) >= 11 is 7.42. The van der Waals surface area contributed by atoms with Crippen molar-refractivity contribution in [2.45, 2.75) is 25.8 Å². The molecule has 114 valence electrons. The monoisotopic (exact) mass is 324 g/mol. The van der Waals surface area contributed by atoms with E-state index < -0.39 is 0 Å². The molecule has 0 aliphatic carbocycles. The number of alkyl halides is 1. The summed E-state index contributed by atoms with van der Waals surface area (Å²) in [6.07, 6.45) is 0.826. The van der Waals surface area contributed by atoms with Gasteiger partial charge >= 0.3 is 0 Å². The second kappa shape index (κ2) is 8.49. The van der Waals surface area contributed by atoms with Gasteiger partial charge < -0.3 is 5.11 Å². The molecule has 3 nitrogen and oxygen atoms in total. The number of halogens is 1. The lowest BCUT2D eigenvalue weighted by atomic mass is 10.1. The Morgan fingerprint density at radius 3 is 2.62 bits per heavy atom. The summed E-state index contributed by atoms with van der Waals surface area (Å²) in [6.45, 7) is 5.24. The standard InChI is InChI=1S/C16H21ClN2OS/c1-2-19(8-3-9-20)11-13-4-6-14(7-5-13)16-18-15(10-17)12-21-16/h4-7,12,20H,2-3,8-11H2,1H3. The Morgan fingerprint density at radius 2 is 2.05 bits per heavy atom. The molecular weight excluding hydrogens is 304 g/mol. The Hall–Kier alpha value is -0.940. The maximum Gasteiger partial charge on any atom is 0.123 e. The van der Waals surface area contributed by atoms with E-state index in [4.69, 9.17) is 16.7 Å². The molecule has 2 rings (SSSR count). The minimum absolute atomic E-state index is 0.252. The molecule has 0 atom stereocenters. The number of benzene rings is 1. The van der Waals surface area contributed by atoms with Gasteiger partial charge in [0.05, 0.1) is 11.6 Å². The van der Waals surface area contributed by atoms with E-state index in [1.54, 1.807) is 11.3 Å². The lowest BCUT2D eigenvalue weighted by Gasteiger charge is -2.19. The number of thiazole rings is 1. The van der Waals surface area contributed by atoms with Crippen molar-refractivity contribution >= 4 is 22.9 Å². The van der Waals surface area contributed by atoms with E-state index >= 15 is 0 Å². The van der Waals surface area contributed by atoms with Gasteiger partial charge in [0.25, 0.3) is 0 Å². The first-order valence-corrected chi connectivity index (χ1v) is 8.61. The van der Waals surface area contributed by atoms with Gasteiger partial charge in [-0.25, -0.2) is 4.98 Å². The molecule has 1 N–H and O–H groups in total. The van der Waals surface area contributed by atoms with E-state index in [9.17, 15) is 0 Å². The molecule has 0 aliphatic rings. The topological polar surface area (TPSA) is 36.4 Å². The highest BCUT2D eigenvalue weighted by Crippen LogP contribution is 2.24. The average molecular weight is 325 g/mol. The molecule has 21 heavy (non-hydrogen) atoms. The molecule has 0 spiro atoms. The molecule has 0 radical (unpaired) electrons. The smallest absolute Gasteiger partial charge is 0.123 e. The second-order valence-corrected chi connectivity index (χ2v) is 6.05. The summed E-state index contributed by atoms with van der Waals surface area (Å²) in [5.74, 6) is 0.463. The average Bonchev–Trinajstić information content (AvgIpc) is 3.01. The Kier molecular flexibility index (Phi) is 6.64. The fourth-order valence-corrected chi connectivity index (χ4v) is 3.21. The zero-order valence-corrected chi connectivity index (χ0v) is 13.8. The van der Waals surface area contributed by atoms with Crippen LogP contribution < -0.4 is 0 Å². The summed E-state index contributed by atoms with van der Waals surface area (Å²) in [6, 6.07) is 8.54. The van der Waals surface area contributed by atoms with Gasteiger partial charge in [-0.05, 0) is 18.5 Å². The number of rotatable bonds is 8. The van der Waals surface area contributed by atoms with Crippen molar-refractivity contribution in [3.8, 4) is 10.6 Å². The number of aromatic nitrogens is 1. The predicted octanol–water partition coefficient (Wildman–Crippen LogP) is 3.75. The molecule has 1 aromatic carbocycles. The largest absolute Gasteiger partial charge is 0.396 e. The van der Waals surface area contributed by atoms with Crippen molar-refractivity contribution in [1.29, 1.82) is 0 Å². The van der Waals surface area contributed by atoms with Gasteiger partial charge in [0.2, 0.25) is 0 Å². The quantitative estimate of drug-likeness (QED) is 0.751. The van der Waals surface area contributed by atoms with Gasteiger partial charge in [0.15, 0.2) is 0 Å². The van der Waals surface area contributed by atoms with Gasteiger partial charge in [-0.1, -0.05) is 31.2 Å². The van der Waals surface area contributed by atoms with Crippen LogP contribution in [0.1, 0.15) is 24.6 Å². The molecule has 1 aromatic heterocycles. The lowest BCUT2D eigenvalue weighted by Crippen LogP contribution is -2.24. The van der Waals surface area contributed by atoms with Crippen molar-refractivity contribution in [2.75, 3.05) is 19.7 Å². The number of hydrogen-bond acceptors (Lipinski definition) is 4. The zero-order valence-electron chi connectivity index (χ0n) is 12.3. The zero-order chi connectivity index (χ0) is 15.1. The molecule has 0 aliphatic heterocycles. The third-order valence-corrected chi connectivity index (χ3v) is 4.59. The normalized spacial score (nSPS) is 11.2. The Morgan fingerprint density at radius 1 is 1.29 bits per heavy atom. The first-order chi connectivity index (χ1) is 10.3. The molecule has 0 fully saturated rings. The molecule has 0 amide bonds. The van der Waals surface area contributed by atoms with Crippen LogP contribution in [-0.4, -0.2) is 34.7 Å². The summed E-state index contributed by atoms with van der Waals surface area (Å²) in [5.41, 5.74) is 3.35. The van der Waals surface area contributed by atoms with Crippen LogP contribution in [0.5, 0.6) is 0 Å². The van der Waals surface area contributed by atoms with Gasteiger partial charge in [0, 0.05) is 30.6 Å². The predicted molar refractivity (Wildman–Crippen MR) is 89.8 cm³/mol. The minimum Gasteiger partial charge on any atom is -0.396 e. The van der Waals surface area contributed by atoms with Gasteiger partial charge in [-0.3, -0.25) is 4.90 Å². The van der Waals surface area contributed by atoms with Crippen molar-refractivity contribution < 1.29 is 5.11 Å². The molecule has 2 aromatic rings. The fourth-order valence-electron chi connectivity index (χ4n) is 2.16. The molecule has 0 saturated carbocycles. The summed E-state index contributed by atoms with van der Waals surface area (Å²) in [7, 11) is 0. The first kappa shape index (κ1) is 16.4. The number of aliphatic hydroxyl groups is 1. The molecule has 0 bridgehead atoms. The Balaban J connectivity index is 2.01. The van der Waals surface area contributed by atoms with E-state index in [0.717, 1.165) is 42.3 Å². The van der Waals surface area contributed by atoms with Crippen LogP contribution in [0.4, 0.5) is 0 Å². The van der Waals surface area contributed by atoms with Crippen LogP contribution in [0.25, 0.3) is 10.6 Å². The second-order valence-electron chi connectivity index (χ2n) is 4.92. The van der Waals surface area contributed by atoms with Crippen molar-refractivity contribution in [3.05, 3.63) is 40.9 Å². The van der Waals surface area contributed by atoms with Crippen molar-refractivity contribution in [3.63, 3.8) is 0 Å². The van der Waals surface area contributed by atoms with Crippen molar-refractivity contribution in [1.82, 2.24) is 9.88 Å². The lowest BCUT2D eigenvalue weighted by molar-refractivity contribution is 0.225. The molecule has 0 unspecified atom stereocenters. The highest BCUT2D eigenvalue weighted by Gasteiger charge is 2.06. The molecule has 1 heterocycles. The van der Waals surface area contributed by atoms with Crippen LogP contribution in [0.2, 0.25) is 0 Å². The fraction of sp³-hybridized carbons (Fsp3) is 0.438. The van der Waals surface area contributed by atoms with Crippen LogP contribution in [-0.2, 0) is 12.4 Å². The summed E-state index contributed by atoms with van der Waals surface area (Å²) < 4.78 is 0. The Bertz CT molecular complexity index is 541. The van der Waals surface area contributed by atoms with Crippen LogP contribution >= 0.6 is 22.9 Å². The third kappa shape index (κ3) is 4.78. The first-order valence-electron chi connectivity index (χ1n) is 7.19. The van der Waals surface area contributed by atoms with E-state index in [1.165, 1.54) is 5.56 Å². The molecule has 5 heteroatoms. The van der Waals surface area contributed by atoms with Crippen LogP contribution in [0.3, 0.4) is 0 Å². The van der Waals surface area contributed by atoms with Crippen LogP contribution in [0.15, 0.2) is 29.6 Å². The van der Waals surface area contributed by atoms with Gasteiger partial charge in [0.1, 0.15) is 5.01 Å². The third-order valence-electron chi connectivity index (χ3n) is 3.38. The molecular formula is C16H21ClN2OS. The maximum atomic E-state index is 8.92. The number of nitrogens with zero attached hydrogens (tertiary/aromatic N) is 2. The maximum absolute atomic E-state index is 8.92. The van der Waals surface area contributed by atoms with Gasteiger partial charge in [-0.15, -0.1) is 22.9 Å². The Labute approximate surface area is 135 Å². The summed E-state index contributed by atoms with van der Waals surface area (Å²) in [5, 5.41) is 11.9. The van der Waals surface area contributed by atoms with E-state index in [-0.39, 0.29) is 6.61 Å². The van der Waals surface area contributed by atoms with E-state index in [1.807, 2.05) is 5.38 Å². The minimum atomic E-state index is 0.252. The van der Waals surface area contributed by atoms with E-state index in [2.05, 4.69) is 41.1 Å². The SMILES string of the molecule is CCN(CCCO)Cc1ccc(-c2nc(CCl)cs2)cc1. The van der Waals surface area contributed by atoms with E-state index in [0.29, 0.717) is 5.88 Å². The molecule has 0 saturated heterocycles. The van der Waals surface area contributed by atoms with Crippen LogP contribution in [0, 0.1) is 0 Å². The highest BCUT2D eigenvalue weighted by atomic mass is 35.5. The number of hydrogen-bond donors (Lipinski definition) is 1.